The summed E-state index contributed by atoms with van der Waals surface area (Å²) in [6.07, 6.45) is 5.15. The van der Waals surface area contributed by atoms with Gasteiger partial charge in [-0.1, -0.05) is 0 Å². The third-order valence-electron chi connectivity index (χ3n) is 4.86. The predicted octanol–water partition coefficient (Wildman–Crippen LogP) is 3.58. The normalized spacial score (nSPS) is 20.7. The van der Waals surface area contributed by atoms with E-state index in [1.807, 2.05) is 19.2 Å². The van der Waals surface area contributed by atoms with Gasteiger partial charge in [0.1, 0.15) is 5.82 Å². The van der Waals surface area contributed by atoms with Gasteiger partial charge in [-0.2, -0.15) is 0 Å². The lowest BCUT2D eigenvalue weighted by Gasteiger charge is -2.17. The van der Waals surface area contributed by atoms with Gasteiger partial charge in [-0.3, -0.25) is 4.99 Å². The summed E-state index contributed by atoms with van der Waals surface area (Å²) in [4.78, 5) is 8.08. The van der Waals surface area contributed by atoms with Crippen molar-refractivity contribution in [2.75, 3.05) is 39.0 Å². The summed E-state index contributed by atoms with van der Waals surface area (Å²) in [5, 5.41) is 6.86. The van der Waals surface area contributed by atoms with Gasteiger partial charge in [-0.15, -0.1) is 35.7 Å². The van der Waals surface area contributed by atoms with Crippen molar-refractivity contribution < 1.29 is 4.39 Å². The summed E-state index contributed by atoms with van der Waals surface area (Å²) in [6.45, 7) is 4.41. The topological polar surface area (TPSA) is 39.7 Å². The van der Waals surface area contributed by atoms with Crippen molar-refractivity contribution >= 4 is 41.7 Å². The van der Waals surface area contributed by atoms with E-state index in [-0.39, 0.29) is 29.8 Å². The number of benzene rings is 1. The standard InChI is InChI=1S/C19H29FN4S.HI/c1-21-19(23-13-15-9-11-24(14-15)17-5-6-17)22-10-2-12-25-18-7-3-16(20)4-8-18;/h3-4,7-8,15,17H,2,5-6,9-14H2,1H3,(H2,21,22,23);1H. The van der Waals surface area contributed by atoms with Crippen LogP contribution in [-0.4, -0.2) is 55.9 Å². The van der Waals surface area contributed by atoms with Crippen LogP contribution in [0.1, 0.15) is 25.7 Å². The van der Waals surface area contributed by atoms with Gasteiger partial charge in [0.15, 0.2) is 5.96 Å². The molecule has 1 atom stereocenters. The minimum absolute atomic E-state index is 0. The van der Waals surface area contributed by atoms with Crippen LogP contribution in [0.3, 0.4) is 0 Å². The first-order valence-corrected chi connectivity index (χ1v) is 10.3. The molecule has 1 unspecified atom stereocenters. The average molecular weight is 492 g/mol. The molecule has 1 heterocycles. The van der Waals surface area contributed by atoms with Crippen LogP contribution in [0.4, 0.5) is 4.39 Å². The smallest absolute Gasteiger partial charge is 0.190 e. The van der Waals surface area contributed by atoms with Crippen LogP contribution in [-0.2, 0) is 0 Å². The average Bonchev–Trinajstić information content (AvgIpc) is 3.37. The number of hydrogen-bond donors (Lipinski definition) is 2. The Labute approximate surface area is 177 Å². The van der Waals surface area contributed by atoms with Crippen molar-refractivity contribution in [3.8, 4) is 0 Å². The van der Waals surface area contributed by atoms with Gasteiger partial charge in [0.05, 0.1) is 0 Å². The fraction of sp³-hybridized carbons (Fsp3) is 0.632. The van der Waals surface area contributed by atoms with Crippen LogP contribution < -0.4 is 10.6 Å². The van der Waals surface area contributed by atoms with Crippen molar-refractivity contribution in [1.82, 2.24) is 15.5 Å². The quantitative estimate of drug-likeness (QED) is 0.191. The molecule has 0 aromatic heterocycles. The van der Waals surface area contributed by atoms with E-state index in [2.05, 4.69) is 20.5 Å². The summed E-state index contributed by atoms with van der Waals surface area (Å²) in [5.74, 6) is 2.47. The number of nitrogens with one attached hydrogen (secondary N) is 2. The van der Waals surface area contributed by atoms with Crippen molar-refractivity contribution in [3.63, 3.8) is 0 Å². The number of likely N-dealkylation sites (tertiary alicyclic amines) is 1. The van der Waals surface area contributed by atoms with E-state index in [0.717, 1.165) is 48.1 Å². The third kappa shape index (κ3) is 7.23. The Kier molecular flexibility index (Phi) is 9.49. The molecule has 1 aromatic carbocycles. The minimum Gasteiger partial charge on any atom is -0.356 e. The van der Waals surface area contributed by atoms with Crippen molar-refractivity contribution in [3.05, 3.63) is 30.1 Å². The molecule has 0 amide bonds. The molecule has 1 aromatic rings. The van der Waals surface area contributed by atoms with Gasteiger partial charge in [-0.25, -0.2) is 4.39 Å². The Hall–Kier alpha value is -0.540. The van der Waals surface area contributed by atoms with Gasteiger partial charge in [0.25, 0.3) is 0 Å². The summed E-state index contributed by atoms with van der Waals surface area (Å²) < 4.78 is 12.9. The minimum atomic E-state index is -0.177. The van der Waals surface area contributed by atoms with E-state index in [9.17, 15) is 4.39 Å². The maximum Gasteiger partial charge on any atom is 0.190 e. The molecule has 7 heteroatoms. The summed E-state index contributed by atoms with van der Waals surface area (Å²) in [6, 6.07) is 7.58. The molecule has 1 saturated heterocycles. The molecular weight excluding hydrogens is 462 g/mol. The van der Waals surface area contributed by atoms with Crippen LogP contribution in [0.15, 0.2) is 34.2 Å². The first-order chi connectivity index (χ1) is 12.2. The van der Waals surface area contributed by atoms with E-state index in [1.165, 1.54) is 44.5 Å². The lowest BCUT2D eigenvalue weighted by molar-refractivity contribution is 0.314. The lowest BCUT2D eigenvalue weighted by atomic mass is 10.1. The fourth-order valence-electron chi connectivity index (χ4n) is 3.26. The van der Waals surface area contributed by atoms with E-state index < -0.39 is 0 Å². The molecule has 2 aliphatic rings. The molecule has 3 rings (SSSR count). The number of halogens is 2. The number of hydrogen-bond acceptors (Lipinski definition) is 3. The van der Waals surface area contributed by atoms with E-state index in [1.54, 1.807) is 11.8 Å². The largest absolute Gasteiger partial charge is 0.356 e. The summed E-state index contributed by atoms with van der Waals surface area (Å²) in [5.41, 5.74) is 0. The first kappa shape index (κ1) is 21.8. The highest BCUT2D eigenvalue weighted by molar-refractivity contribution is 14.0. The molecule has 4 nitrogen and oxygen atoms in total. The second-order valence-corrected chi connectivity index (χ2v) is 8.08. The SMILES string of the molecule is CN=C(NCCCSc1ccc(F)cc1)NCC1CCN(C2CC2)C1.I. The second kappa shape index (κ2) is 11.3. The van der Waals surface area contributed by atoms with Crippen LogP contribution in [0.5, 0.6) is 0 Å². The summed E-state index contributed by atoms with van der Waals surface area (Å²) in [7, 11) is 1.83. The summed E-state index contributed by atoms with van der Waals surface area (Å²) >= 11 is 1.76. The molecule has 2 N–H and O–H groups in total. The number of rotatable bonds is 8. The van der Waals surface area contributed by atoms with Gasteiger partial charge in [-0.05, 0) is 68.2 Å². The Morgan fingerprint density at radius 3 is 2.69 bits per heavy atom. The Balaban J connectivity index is 0.00000243. The third-order valence-corrected chi connectivity index (χ3v) is 5.96. The number of thioether (sulfide) groups is 1. The van der Waals surface area contributed by atoms with E-state index in [4.69, 9.17) is 0 Å². The molecular formula is C19H30FIN4S. The fourth-order valence-corrected chi connectivity index (χ4v) is 4.11. The number of guanidine groups is 1. The van der Waals surface area contributed by atoms with Crippen molar-refractivity contribution in [2.45, 2.75) is 36.6 Å². The number of aliphatic imine (C=N–C) groups is 1. The highest BCUT2D eigenvalue weighted by atomic mass is 127. The van der Waals surface area contributed by atoms with Gasteiger partial charge in [0.2, 0.25) is 0 Å². The lowest BCUT2D eigenvalue weighted by Crippen LogP contribution is -2.40. The van der Waals surface area contributed by atoms with E-state index >= 15 is 0 Å². The zero-order valence-corrected chi connectivity index (χ0v) is 18.6. The maximum absolute atomic E-state index is 12.9. The molecule has 0 spiro atoms. The van der Waals surface area contributed by atoms with Gasteiger partial charge in [0, 0.05) is 37.6 Å². The van der Waals surface area contributed by atoms with Crippen molar-refractivity contribution in [2.24, 2.45) is 10.9 Å². The molecule has 1 aliphatic heterocycles. The maximum atomic E-state index is 12.9. The molecule has 26 heavy (non-hydrogen) atoms. The van der Waals surface area contributed by atoms with Crippen molar-refractivity contribution in [1.29, 1.82) is 0 Å². The Bertz CT molecular complexity index is 565. The van der Waals surface area contributed by atoms with Crippen LogP contribution in [0.2, 0.25) is 0 Å². The van der Waals surface area contributed by atoms with Crippen LogP contribution in [0, 0.1) is 11.7 Å². The second-order valence-electron chi connectivity index (χ2n) is 6.92. The zero-order valence-electron chi connectivity index (χ0n) is 15.4. The van der Waals surface area contributed by atoms with Gasteiger partial charge < -0.3 is 15.5 Å². The molecule has 146 valence electrons. The molecule has 0 bridgehead atoms. The van der Waals surface area contributed by atoms with Crippen LogP contribution in [0.25, 0.3) is 0 Å². The molecule has 1 aliphatic carbocycles. The Morgan fingerprint density at radius 1 is 1.23 bits per heavy atom. The first-order valence-electron chi connectivity index (χ1n) is 9.31. The monoisotopic (exact) mass is 492 g/mol. The highest BCUT2D eigenvalue weighted by Gasteiger charge is 2.34. The van der Waals surface area contributed by atoms with E-state index in [0.29, 0.717) is 0 Å². The highest BCUT2D eigenvalue weighted by Crippen LogP contribution is 2.31. The molecule has 1 saturated carbocycles. The zero-order chi connectivity index (χ0) is 17.5. The number of nitrogens with zero attached hydrogens (tertiary/aromatic N) is 2. The molecule has 2 fully saturated rings. The van der Waals surface area contributed by atoms with Gasteiger partial charge >= 0.3 is 0 Å². The molecule has 0 radical (unpaired) electrons. The van der Waals surface area contributed by atoms with Crippen LogP contribution >= 0.6 is 35.7 Å². The predicted molar refractivity (Wildman–Crippen MR) is 119 cm³/mol. The Morgan fingerprint density at radius 2 is 2.00 bits per heavy atom.